The fraction of sp³-hybridized carbons (Fsp3) is 1.00. The van der Waals surface area contributed by atoms with Crippen molar-refractivity contribution in [3.63, 3.8) is 0 Å². The van der Waals surface area contributed by atoms with E-state index >= 15 is 0 Å². The van der Waals surface area contributed by atoms with E-state index in [9.17, 15) is 13.0 Å². The Labute approximate surface area is 141 Å². The van der Waals surface area contributed by atoms with Gasteiger partial charge in [-0.05, 0) is 30.6 Å². The molecule has 1 rings (SSSR count). The summed E-state index contributed by atoms with van der Waals surface area (Å²) in [5, 5.41) is 0. The minimum atomic E-state index is -4.56. The van der Waals surface area contributed by atoms with Gasteiger partial charge in [0.05, 0.1) is 6.10 Å². The predicted molar refractivity (Wildman–Crippen MR) is 55.9 cm³/mol. The van der Waals surface area contributed by atoms with Gasteiger partial charge >= 0.3 is 51.4 Å². The van der Waals surface area contributed by atoms with Gasteiger partial charge in [0.1, 0.15) is 0 Å². The van der Waals surface area contributed by atoms with Crippen molar-refractivity contribution in [2.45, 2.75) is 46.1 Å². The van der Waals surface area contributed by atoms with E-state index in [-0.39, 0.29) is 57.3 Å². The predicted octanol–water partition coefficient (Wildman–Crippen LogP) is -1.07. The standard InChI is InChI=1S/C10H20O4S.K/c1-7(2)9-5-4-8(3)6-10(9)14-15(11,12)13;/h7-10H,4-6H2,1-3H3,(H,11,12,13);/q;+1/p-1/t8-,9+,10-;/m1./s1. The second kappa shape index (κ2) is 7.18. The molecule has 4 nitrogen and oxygen atoms in total. The molecule has 0 radical (unpaired) electrons. The van der Waals surface area contributed by atoms with Crippen LogP contribution in [0.15, 0.2) is 0 Å². The summed E-state index contributed by atoms with van der Waals surface area (Å²) >= 11 is 0. The second-order valence-electron chi connectivity index (χ2n) is 4.87. The largest absolute Gasteiger partial charge is 1.00 e. The van der Waals surface area contributed by atoms with Crippen molar-refractivity contribution >= 4 is 10.4 Å². The zero-order valence-electron chi connectivity index (χ0n) is 10.5. The van der Waals surface area contributed by atoms with E-state index < -0.39 is 16.5 Å². The Morgan fingerprint density at radius 2 is 1.88 bits per heavy atom. The van der Waals surface area contributed by atoms with Crippen LogP contribution in [0.2, 0.25) is 0 Å². The van der Waals surface area contributed by atoms with E-state index in [1.165, 1.54) is 0 Å². The molecule has 0 bridgehead atoms. The van der Waals surface area contributed by atoms with E-state index in [2.05, 4.69) is 11.1 Å². The van der Waals surface area contributed by atoms with E-state index in [4.69, 9.17) is 0 Å². The van der Waals surface area contributed by atoms with Gasteiger partial charge in [0.25, 0.3) is 0 Å². The summed E-state index contributed by atoms with van der Waals surface area (Å²) in [5.41, 5.74) is 0. The molecule has 90 valence electrons. The van der Waals surface area contributed by atoms with E-state index in [1.807, 2.05) is 13.8 Å². The number of hydrogen-bond donors (Lipinski definition) is 0. The monoisotopic (exact) mass is 274 g/mol. The van der Waals surface area contributed by atoms with Gasteiger partial charge in [0.2, 0.25) is 10.4 Å². The van der Waals surface area contributed by atoms with Gasteiger partial charge in [0, 0.05) is 0 Å². The summed E-state index contributed by atoms with van der Waals surface area (Å²) in [7, 11) is -4.56. The Hall–Kier alpha value is 1.51. The molecule has 0 aliphatic heterocycles. The summed E-state index contributed by atoms with van der Waals surface area (Å²) in [6, 6.07) is 0. The minimum Gasteiger partial charge on any atom is -0.726 e. The van der Waals surface area contributed by atoms with Crippen molar-refractivity contribution < 1.29 is 68.5 Å². The quantitative estimate of drug-likeness (QED) is 0.373. The van der Waals surface area contributed by atoms with Crippen LogP contribution in [0.4, 0.5) is 0 Å². The fourth-order valence-corrected chi connectivity index (χ4v) is 2.90. The van der Waals surface area contributed by atoms with Gasteiger partial charge in [-0.15, -0.1) is 0 Å². The average Bonchev–Trinajstić information content (AvgIpc) is 1.99. The maximum absolute atomic E-state index is 10.6. The molecule has 1 fully saturated rings. The molecule has 0 heterocycles. The van der Waals surface area contributed by atoms with Crippen LogP contribution in [0.1, 0.15) is 40.0 Å². The van der Waals surface area contributed by atoms with Crippen LogP contribution in [0, 0.1) is 17.8 Å². The zero-order valence-corrected chi connectivity index (χ0v) is 14.4. The van der Waals surface area contributed by atoms with Crippen LogP contribution in [-0.2, 0) is 14.6 Å². The average molecular weight is 274 g/mol. The van der Waals surface area contributed by atoms with Crippen molar-refractivity contribution in [3.05, 3.63) is 0 Å². The molecule has 1 aliphatic carbocycles. The summed E-state index contributed by atoms with van der Waals surface area (Å²) in [6.45, 7) is 6.13. The molecule has 16 heavy (non-hydrogen) atoms. The fourth-order valence-electron chi connectivity index (χ4n) is 2.38. The molecule has 6 heteroatoms. The Bertz CT molecular complexity index is 302. The molecule has 0 amide bonds. The van der Waals surface area contributed by atoms with Gasteiger partial charge < -0.3 is 4.55 Å². The molecule has 0 aromatic rings. The summed E-state index contributed by atoms with van der Waals surface area (Å²) in [6.07, 6.45) is 2.28. The summed E-state index contributed by atoms with van der Waals surface area (Å²) in [5.74, 6) is 0.973. The van der Waals surface area contributed by atoms with Crippen LogP contribution in [0.5, 0.6) is 0 Å². The second-order valence-corrected chi connectivity index (χ2v) is 5.88. The Morgan fingerprint density at radius 1 is 1.31 bits per heavy atom. The first-order valence-electron chi connectivity index (χ1n) is 5.43. The van der Waals surface area contributed by atoms with Crippen LogP contribution >= 0.6 is 0 Å². The van der Waals surface area contributed by atoms with Crippen molar-refractivity contribution in [3.8, 4) is 0 Å². The van der Waals surface area contributed by atoms with Crippen LogP contribution in [0.3, 0.4) is 0 Å². The first kappa shape index (κ1) is 17.5. The molecular weight excluding hydrogens is 255 g/mol. The van der Waals surface area contributed by atoms with Crippen LogP contribution in [-0.4, -0.2) is 19.1 Å². The van der Waals surface area contributed by atoms with Gasteiger partial charge in [-0.1, -0.05) is 27.2 Å². The Kier molecular flexibility index (Phi) is 7.86. The molecular formula is C10H19KO4S. The molecule has 3 atom stereocenters. The first-order chi connectivity index (χ1) is 6.79. The molecule has 1 saturated carbocycles. The topological polar surface area (TPSA) is 66.4 Å². The number of hydrogen-bond acceptors (Lipinski definition) is 4. The third-order valence-corrected chi connectivity index (χ3v) is 3.69. The van der Waals surface area contributed by atoms with Crippen molar-refractivity contribution in [1.82, 2.24) is 0 Å². The van der Waals surface area contributed by atoms with Crippen molar-refractivity contribution in [1.29, 1.82) is 0 Å². The normalized spacial score (nSPS) is 31.2. The zero-order chi connectivity index (χ0) is 11.6. The first-order valence-corrected chi connectivity index (χ1v) is 6.77. The third kappa shape index (κ3) is 5.91. The smallest absolute Gasteiger partial charge is 0.726 e. The van der Waals surface area contributed by atoms with Crippen LogP contribution in [0.25, 0.3) is 0 Å². The molecule has 0 aromatic heterocycles. The van der Waals surface area contributed by atoms with Gasteiger partial charge in [-0.2, -0.15) is 0 Å². The minimum absolute atomic E-state index is 0. The molecule has 1 aliphatic rings. The van der Waals surface area contributed by atoms with E-state index in [1.54, 1.807) is 0 Å². The van der Waals surface area contributed by atoms with Crippen LogP contribution < -0.4 is 51.4 Å². The van der Waals surface area contributed by atoms with E-state index in [0.717, 1.165) is 12.8 Å². The van der Waals surface area contributed by atoms with E-state index in [0.29, 0.717) is 18.3 Å². The van der Waals surface area contributed by atoms with Gasteiger partial charge in [-0.25, -0.2) is 8.42 Å². The molecule has 0 saturated heterocycles. The third-order valence-electron chi connectivity index (χ3n) is 3.20. The Balaban J connectivity index is 0.00000225. The van der Waals surface area contributed by atoms with Crippen molar-refractivity contribution in [2.24, 2.45) is 17.8 Å². The molecule has 0 unspecified atom stereocenters. The maximum Gasteiger partial charge on any atom is 1.00 e. The summed E-state index contributed by atoms with van der Waals surface area (Å²) in [4.78, 5) is 0. The maximum atomic E-state index is 10.6. The number of rotatable bonds is 3. The summed E-state index contributed by atoms with van der Waals surface area (Å²) < 4.78 is 36.4. The molecule has 0 N–H and O–H groups in total. The van der Waals surface area contributed by atoms with Gasteiger partial charge in [-0.3, -0.25) is 4.18 Å². The molecule has 0 spiro atoms. The SMILES string of the molecule is CC(C)[C@@H]1CC[C@@H](C)C[C@H]1OS(=O)(=O)[O-].[K+]. The molecule has 0 aromatic carbocycles. The Morgan fingerprint density at radius 3 is 2.31 bits per heavy atom. The van der Waals surface area contributed by atoms with Crippen molar-refractivity contribution in [2.75, 3.05) is 0 Å². The van der Waals surface area contributed by atoms with Gasteiger partial charge in [0.15, 0.2) is 0 Å².